The van der Waals surface area contributed by atoms with Gasteiger partial charge in [-0.3, -0.25) is 13.4 Å². The third kappa shape index (κ3) is 2.89. The fraction of sp³-hybridized carbons (Fsp3) is 0.222. The number of hydrogen-bond acceptors (Lipinski definition) is 5. The quantitative estimate of drug-likeness (QED) is 0.631. The Kier molecular flexibility index (Phi) is 4.56. The number of anilines is 1. The lowest BCUT2D eigenvalue weighted by Gasteiger charge is -2.25. The third-order valence-corrected chi connectivity index (χ3v) is 6.40. The Morgan fingerprint density at radius 3 is 2.33 bits per heavy atom. The molecule has 2 aromatic carbocycles. The normalized spacial score (nSPS) is 11.7. The average molecular weight is 388 g/mol. The molecule has 8 nitrogen and oxygen atoms in total. The van der Waals surface area contributed by atoms with E-state index in [0.29, 0.717) is 11.0 Å². The predicted molar refractivity (Wildman–Crippen MR) is 99.1 cm³/mol. The molecule has 0 aliphatic rings. The number of carboxylic acids is 1. The number of para-hydroxylation sites is 1. The molecule has 0 spiro atoms. The van der Waals surface area contributed by atoms with Gasteiger partial charge in [0.1, 0.15) is 0 Å². The van der Waals surface area contributed by atoms with Crippen molar-refractivity contribution >= 4 is 32.7 Å². The lowest BCUT2D eigenvalue weighted by atomic mass is 10.2. The van der Waals surface area contributed by atoms with Crippen molar-refractivity contribution in [3.05, 3.63) is 58.5 Å². The number of carbonyl (C=O) groups excluding carboxylic acids is 1. The van der Waals surface area contributed by atoms with E-state index in [-0.39, 0.29) is 28.4 Å². The first kappa shape index (κ1) is 18.7. The maximum absolute atomic E-state index is 13.2. The molecule has 0 bridgehead atoms. The molecule has 0 atom stereocenters. The number of imidazole rings is 1. The summed E-state index contributed by atoms with van der Waals surface area (Å²) in [6.07, 6.45) is 0. The van der Waals surface area contributed by atoms with Crippen molar-refractivity contribution in [3.63, 3.8) is 0 Å². The molecule has 142 valence electrons. The van der Waals surface area contributed by atoms with Gasteiger partial charge in [0.15, 0.2) is 0 Å². The highest BCUT2D eigenvalue weighted by atomic mass is 32.2. The summed E-state index contributed by atoms with van der Waals surface area (Å²) in [5.41, 5.74) is 0.611. The monoisotopic (exact) mass is 388 g/mol. The summed E-state index contributed by atoms with van der Waals surface area (Å²) < 4.78 is 30.2. The molecular weight excluding hydrogens is 370 g/mol. The average Bonchev–Trinajstić information content (AvgIpc) is 2.86. The number of sulfonamides is 1. The maximum atomic E-state index is 13.2. The van der Waals surface area contributed by atoms with Gasteiger partial charge >= 0.3 is 5.69 Å². The summed E-state index contributed by atoms with van der Waals surface area (Å²) in [5, 5.41) is 11.4. The highest BCUT2D eigenvalue weighted by Gasteiger charge is 2.26. The van der Waals surface area contributed by atoms with Crippen LogP contribution in [0, 0.1) is 0 Å². The van der Waals surface area contributed by atoms with Gasteiger partial charge in [-0.15, -0.1) is 0 Å². The van der Waals surface area contributed by atoms with Crippen LogP contribution in [0.1, 0.15) is 17.3 Å². The smallest absolute Gasteiger partial charge is 0.328 e. The Hall–Kier alpha value is -3.07. The fourth-order valence-corrected chi connectivity index (χ4v) is 4.62. The molecule has 3 rings (SSSR count). The number of benzene rings is 2. The molecule has 1 heterocycles. The molecule has 0 aliphatic heterocycles. The molecule has 0 unspecified atom stereocenters. The van der Waals surface area contributed by atoms with Crippen LogP contribution in [0.2, 0.25) is 0 Å². The zero-order valence-electron chi connectivity index (χ0n) is 15.0. The predicted octanol–water partition coefficient (Wildman–Crippen LogP) is 0.456. The molecule has 0 radical (unpaired) electrons. The minimum atomic E-state index is -4.05. The lowest BCUT2D eigenvalue weighted by molar-refractivity contribution is -0.254. The van der Waals surface area contributed by atoms with Crippen LogP contribution in [0.25, 0.3) is 11.0 Å². The number of aromatic carboxylic acids is 1. The van der Waals surface area contributed by atoms with Crippen molar-refractivity contribution in [3.8, 4) is 0 Å². The number of aryl methyl sites for hydroxylation is 2. The first-order valence-electron chi connectivity index (χ1n) is 8.18. The minimum absolute atomic E-state index is 0.0262. The summed E-state index contributed by atoms with van der Waals surface area (Å²) in [6, 6.07) is 10.2. The van der Waals surface area contributed by atoms with Crippen molar-refractivity contribution in [1.29, 1.82) is 0 Å². The highest BCUT2D eigenvalue weighted by molar-refractivity contribution is 7.92. The molecule has 0 N–H and O–H groups in total. The molecule has 0 saturated carbocycles. The summed E-state index contributed by atoms with van der Waals surface area (Å²) in [6.45, 7) is 1.64. The molecule has 0 fully saturated rings. The molecule has 0 amide bonds. The number of fused-ring (bicyclic) bond motifs is 1. The maximum Gasteiger partial charge on any atom is 0.328 e. The minimum Gasteiger partial charge on any atom is -0.545 e. The Morgan fingerprint density at radius 1 is 1.07 bits per heavy atom. The van der Waals surface area contributed by atoms with Crippen LogP contribution in [0.4, 0.5) is 5.69 Å². The molecule has 3 aromatic rings. The lowest BCUT2D eigenvalue weighted by Crippen LogP contribution is -2.34. The second kappa shape index (κ2) is 6.58. The van der Waals surface area contributed by atoms with Crippen LogP contribution in [0.5, 0.6) is 0 Å². The van der Waals surface area contributed by atoms with Crippen LogP contribution in [0.3, 0.4) is 0 Å². The van der Waals surface area contributed by atoms with Crippen molar-refractivity contribution < 1.29 is 18.3 Å². The SMILES string of the molecule is CCN(c1ccccc1C(=O)[O-])S(=O)(=O)c1ccc2c(c1)n(C)c(=O)n2C. The van der Waals surface area contributed by atoms with Crippen LogP contribution in [0.15, 0.2) is 52.2 Å². The Bertz CT molecular complexity index is 1210. The zero-order chi connectivity index (χ0) is 19.9. The number of rotatable bonds is 5. The summed E-state index contributed by atoms with van der Waals surface area (Å²) >= 11 is 0. The van der Waals surface area contributed by atoms with E-state index in [2.05, 4.69) is 0 Å². The van der Waals surface area contributed by atoms with E-state index in [1.807, 2.05) is 0 Å². The molecular formula is C18H18N3O5S-. The molecule has 0 aliphatic carbocycles. The second-order valence-corrected chi connectivity index (χ2v) is 7.89. The van der Waals surface area contributed by atoms with E-state index in [4.69, 9.17) is 0 Å². The van der Waals surface area contributed by atoms with Crippen LogP contribution >= 0.6 is 0 Å². The number of carboxylic acid groups (broad SMARTS) is 1. The summed E-state index contributed by atoms with van der Waals surface area (Å²) in [4.78, 5) is 23.4. The zero-order valence-corrected chi connectivity index (χ0v) is 15.9. The Balaban J connectivity index is 2.21. The second-order valence-electron chi connectivity index (χ2n) is 6.03. The van der Waals surface area contributed by atoms with Gasteiger partial charge in [0.25, 0.3) is 10.0 Å². The van der Waals surface area contributed by atoms with Crippen molar-refractivity contribution in [2.24, 2.45) is 14.1 Å². The highest BCUT2D eigenvalue weighted by Crippen LogP contribution is 2.28. The van der Waals surface area contributed by atoms with Gasteiger partial charge in [-0.05, 0) is 31.2 Å². The summed E-state index contributed by atoms with van der Waals surface area (Å²) in [5.74, 6) is -1.46. The fourth-order valence-electron chi connectivity index (χ4n) is 3.11. The third-order valence-electron chi connectivity index (χ3n) is 4.51. The Labute approximate surface area is 155 Å². The molecule has 27 heavy (non-hydrogen) atoms. The van der Waals surface area contributed by atoms with Gasteiger partial charge in [0, 0.05) is 26.2 Å². The van der Waals surface area contributed by atoms with Crippen LogP contribution in [-0.4, -0.2) is 30.1 Å². The number of aromatic nitrogens is 2. The van der Waals surface area contributed by atoms with Gasteiger partial charge in [-0.1, -0.05) is 18.2 Å². The Morgan fingerprint density at radius 2 is 1.70 bits per heavy atom. The van der Waals surface area contributed by atoms with E-state index in [0.717, 1.165) is 4.31 Å². The molecule has 1 aromatic heterocycles. The van der Waals surface area contributed by atoms with Gasteiger partial charge in [0.2, 0.25) is 0 Å². The number of carbonyl (C=O) groups is 1. The van der Waals surface area contributed by atoms with Gasteiger partial charge in [-0.2, -0.15) is 0 Å². The number of hydrogen-bond donors (Lipinski definition) is 0. The van der Waals surface area contributed by atoms with Crippen LogP contribution in [-0.2, 0) is 24.1 Å². The van der Waals surface area contributed by atoms with Crippen molar-refractivity contribution in [2.75, 3.05) is 10.8 Å². The van der Waals surface area contributed by atoms with Crippen molar-refractivity contribution in [2.45, 2.75) is 11.8 Å². The summed E-state index contributed by atoms with van der Waals surface area (Å²) in [7, 11) is -0.890. The standard InChI is InChI=1S/C18H19N3O5S/c1-4-21(14-8-6-5-7-13(14)17(22)23)27(25,26)12-9-10-15-16(11-12)20(3)18(24)19(15)2/h5-11H,4H2,1-3H3,(H,22,23)/p-1. The van der Waals surface area contributed by atoms with Crippen molar-refractivity contribution in [1.82, 2.24) is 9.13 Å². The van der Waals surface area contributed by atoms with Gasteiger partial charge in [0.05, 0.1) is 27.6 Å². The topological polar surface area (TPSA) is 104 Å². The molecule has 9 heteroatoms. The van der Waals surface area contributed by atoms with E-state index in [1.165, 1.54) is 39.5 Å². The van der Waals surface area contributed by atoms with Gasteiger partial charge < -0.3 is 9.90 Å². The largest absolute Gasteiger partial charge is 0.545 e. The van der Waals surface area contributed by atoms with E-state index in [1.54, 1.807) is 33.2 Å². The van der Waals surface area contributed by atoms with Crippen LogP contribution < -0.4 is 15.1 Å². The first-order valence-corrected chi connectivity index (χ1v) is 9.62. The molecule has 0 saturated heterocycles. The van der Waals surface area contributed by atoms with Gasteiger partial charge in [-0.25, -0.2) is 13.2 Å². The number of nitrogens with zero attached hydrogens (tertiary/aromatic N) is 3. The van der Waals surface area contributed by atoms with E-state index in [9.17, 15) is 23.1 Å². The van der Waals surface area contributed by atoms with E-state index >= 15 is 0 Å². The first-order chi connectivity index (χ1) is 12.7. The van der Waals surface area contributed by atoms with E-state index < -0.39 is 16.0 Å².